The van der Waals surface area contributed by atoms with Crippen molar-refractivity contribution in [1.29, 1.82) is 0 Å². The van der Waals surface area contributed by atoms with E-state index < -0.39 is 15.1 Å². The normalized spacial score (nSPS) is 12.0. The van der Waals surface area contributed by atoms with Gasteiger partial charge in [-0.1, -0.05) is 215 Å². The van der Waals surface area contributed by atoms with E-state index in [1.165, 1.54) is 186 Å². The maximum Gasteiger partial charge on any atom is 0.267 e. The number of rotatable bonds is 44. The van der Waals surface area contributed by atoms with E-state index in [4.69, 9.17) is 0 Å². The van der Waals surface area contributed by atoms with Gasteiger partial charge in [0.2, 0.25) is 0 Å². The molecule has 0 N–H and O–H groups in total. The van der Waals surface area contributed by atoms with Gasteiger partial charge < -0.3 is 13.9 Å². The Morgan fingerprint density at radius 1 is 0.315 bits per heavy atom. The molecule has 0 saturated carbocycles. The van der Waals surface area contributed by atoms with Crippen LogP contribution >= 0.6 is 15.1 Å². The topological polar surface area (TPSA) is 58.6 Å². The van der Waals surface area contributed by atoms with Gasteiger partial charge in [0, 0.05) is 7.26 Å². The van der Waals surface area contributed by atoms with Crippen molar-refractivity contribution in [2.24, 2.45) is 0 Å². The lowest BCUT2D eigenvalue weighted by Gasteiger charge is -2.28. The van der Waals surface area contributed by atoms with Crippen molar-refractivity contribution in [3.05, 3.63) is 0 Å². The zero-order valence-electron chi connectivity index (χ0n) is 38.2. The van der Waals surface area contributed by atoms with Crippen molar-refractivity contribution >= 4 is 15.1 Å². The third-order valence-electron chi connectivity index (χ3n) is 11.4. The maximum atomic E-state index is 11.0. The van der Waals surface area contributed by atoms with Gasteiger partial charge >= 0.3 is 0 Å². The van der Waals surface area contributed by atoms with Crippen molar-refractivity contribution in [1.82, 2.24) is 0 Å². The predicted octanol–water partition coefficient (Wildman–Crippen LogP) is 17.7. The van der Waals surface area contributed by atoms with Gasteiger partial charge in [0.05, 0.1) is 37.9 Å². The Morgan fingerprint density at radius 3 is 0.759 bits per heavy atom. The molecule has 0 unspecified atom stereocenters. The summed E-state index contributed by atoms with van der Waals surface area (Å²) >= 11 is 0. The lowest BCUT2D eigenvalue weighted by molar-refractivity contribution is -0.225. The van der Waals surface area contributed by atoms with Crippen LogP contribution in [0.3, 0.4) is 0 Å². The van der Waals surface area contributed by atoms with Crippen molar-refractivity contribution in [2.45, 2.75) is 273 Å². The Balaban J connectivity index is 0. The quantitative estimate of drug-likeness (QED) is 0.0455. The molecular weight excluding hydrogens is 702 g/mol. The molecule has 0 atom stereocenters. The first-order valence-electron chi connectivity index (χ1n) is 24.8. The van der Waals surface area contributed by atoms with Gasteiger partial charge in [-0.2, -0.15) is 0 Å². The van der Waals surface area contributed by atoms with E-state index in [1.807, 2.05) is 13.8 Å². The SMILES string of the molecule is CCCCCCCCCCCC[P+](CCCC)(CCCCCCCCCCCC)CCCCCCCCCCCC.CCCCOP(=O)([O-])OCCCC. The largest absolute Gasteiger partial charge is 0.756 e. The molecule has 54 heavy (non-hydrogen) atoms. The molecule has 0 amide bonds. The van der Waals surface area contributed by atoms with Crippen LogP contribution in [0.5, 0.6) is 0 Å². The standard InChI is InChI=1S/C40H84P.C8H19O4P/c1-5-9-13-16-19-22-25-28-31-34-38-41(37-12-8-4,39-35-32-29-26-23-20-17-14-10-6-2)40-36-33-30-27-24-21-18-15-11-7-3;1-3-5-7-11-13(9,10)12-8-6-4-2/h5-40H2,1-4H3;3-8H2,1-2H3,(H,9,10)/q+1;/p-1. The maximum absolute atomic E-state index is 11.0. The molecule has 0 fully saturated rings. The molecule has 4 nitrogen and oxygen atoms in total. The van der Waals surface area contributed by atoms with E-state index >= 15 is 0 Å². The van der Waals surface area contributed by atoms with Crippen molar-refractivity contribution in [2.75, 3.05) is 37.9 Å². The summed E-state index contributed by atoms with van der Waals surface area (Å²) in [7, 11) is -4.74. The number of phosphoric acid groups is 1. The zero-order chi connectivity index (χ0) is 40.1. The predicted molar refractivity (Wildman–Crippen MR) is 246 cm³/mol. The fourth-order valence-electron chi connectivity index (χ4n) is 7.65. The second-order valence-corrected chi connectivity index (χ2v) is 22.8. The molecular formula is C48H102O4P2. The Morgan fingerprint density at radius 2 is 0.519 bits per heavy atom. The Hall–Kier alpha value is 0.540. The van der Waals surface area contributed by atoms with Gasteiger partial charge in [0.15, 0.2) is 0 Å². The fourth-order valence-corrected chi connectivity index (χ4v) is 13.4. The van der Waals surface area contributed by atoms with Gasteiger partial charge in [-0.3, -0.25) is 4.57 Å². The lowest BCUT2D eigenvalue weighted by Crippen LogP contribution is -2.13. The van der Waals surface area contributed by atoms with Crippen molar-refractivity contribution < 1.29 is 18.5 Å². The van der Waals surface area contributed by atoms with E-state index in [9.17, 15) is 9.46 Å². The monoisotopic (exact) mass is 805 g/mol. The van der Waals surface area contributed by atoms with Crippen LogP contribution in [0.2, 0.25) is 0 Å². The Labute approximate surface area is 343 Å². The molecule has 0 rings (SSSR count). The van der Waals surface area contributed by atoms with Crippen LogP contribution < -0.4 is 4.89 Å². The highest BCUT2D eigenvalue weighted by atomic mass is 31.2. The Bertz CT molecular complexity index is 660. The van der Waals surface area contributed by atoms with Crippen LogP contribution in [0.1, 0.15) is 273 Å². The van der Waals surface area contributed by atoms with Crippen LogP contribution in [0, 0.1) is 0 Å². The van der Waals surface area contributed by atoms with Crippen molar-refractivity contribution in [3.8, 4) is 0 Å². The average molecular weight is 805 g/mol. The summed E-state index contributed by atoms with van der Waals surface area (Å²) in [4.78, 5) is 11.0. The molecule has 0 spiro atoms. The molecule has 0 aliphatic carbocycles. The van der Waals surface area contributed by atoms with Gasteiger partial charge in [-0.25, -0.2) is 0 Å². The Kier molecular flexibility index (Phi) is 48.5. The molecule has 6 heteroatoms. The van der Waals surface area contributed by atoms with E-state index in [-0.39, 0.29) is 13.2 Å². The third kappa shape index (κ3) is 43.7. The zero-order valence-corrected chi connectivity index (χ0v) is 40.0. The molecule has 0 bridgehead atoms. The summed E-state index contributed by atoms with van der Waals surface area (Å²) in [6.07, 6.45) is 57.4. The minimum Gasteiger partial charge on any atom is -0.756 e. The molecule has 0 aromatic carbocycles. The minimum atomic E-state index is -4.00. The van der Waals surface area contributed by atoms with Gasteiger partial charge in [-0.15, -0.1) is 0 Å². The van der Waals surface area contributed by atoms with E-state index in [1.54, 1.807) is 43.9 Å². The second-order valence-electron chi connectivity index (χ2n) is 17.0. The summed E-state index contributed by atoms with van der Waals surface area (Å²) < 4.78 is 20.2. The van der Waals surface area contributed by atoms with Crippen molar-refractivity contribution in [3.63, 3.8) is 0 Å². The minimum absolute atomic E-state index is 0.226. The molecule has 0 radical (unpaired) electrons. The summed E-state index contributed by atoms with van der Waals surface area (Å²) in [6.45, 7) is 13.8. The van der Waals surface area contributed by atoms with Gasteiger partial charge in [0.25, 0.3) is 7.82 Å². The summed E-state index contributed by atoms with van der Waals surface area (Å²) in [5, 5.41) is 0. The van der Waals surface area contributed by atoms with Crippen LogP contribution in [0.25, 0.3) is 0 Å². The summed E-state index contributed by atoms with van der Waals surface area (Å²) in [5.74, 6) is 0. The lowest BCUT2D eigenvalue weighted by atomic mass is 10.1. The van der Waals surface area contributed by atoms with E-state index in [0.29, 0.717) is 0 Å². The second kappa shape index (κ2) is 46.2. The summed E-state index contributed by atoms with van der Waals surface area (Å²) in [6, 6.07) is 0. The average Bonchev–Trinajstić information content (AvgIpc) is 3.16. The first-order chi connectivity index (χ1) is 26.4. The van der Waals surface area contributed by atoms with Crippen LogP contribution in [-0.4, -0.2) is 37.9 Å². The highest BCUT2D eigenvalue weighted by Gasteiger charge is 2.34. The first-order valence-corrected chi connectivity index (χ1v) is 28.8. The highest BCUT2D eigenvalue weighted by molar-refractivity contribution is 7.75. The molecule has 0 saturated heterocycles. The number of hydrogen-bond acceptors (Lipinski definition) is 4. The first kappa shape index (κ1) is 56.6. The summed E-state index contributed by atoms with van der Waals surface area (Å²) in [5.41, 5.74) is 0. The smallest absolute Gasteiger partial charge is 0.267 e. The molecule has 0 aliphatic rings. The van der Waals surface area contributed by atoms with Gasteiger partial charge in [-0.05, 0) is 57.8 Å². The highest BCUT2D eigenvalue weighted by Crippen LogP contribution is 2.61. The fraction of sp³-hybridized carbons (Fsp3) is 1.00. The van der Waals surface area contributed by atoms with Crippen LogP contribution in [0.4, 0.5) is 0 Å². The number of phosphoric ester groups is 1. The third-order valence-corrected chi connectivity index (χ3v) is 17.5. The molecule has 0 aromatic heterocycles. The number of unbranched alkanes of at least 4 members (excludes halogenated alkanes) is 30. The van der Waals surface area contributed by atoms with E-state index in [0.717, 1.165) is 25.7 Å². The molecule has 0 aliphatic heterocycles. The molecule has 0 aromatic rings. The number of hydrogen-bond donors (Lipinski definition) is 0. The van der Waals surface area contributed by atoms with Crippen LogP contribution in [0.15, 0.2) is 0 Å². The van der Waals surface area contributed by atoms with E-state index in [2.05, 4.69) is 36.7 Å². The van der Waals surface area contributed by atoms with Gasteiger partial charge in [0.1, 0.15) is 0 Å². The van der Waals surface area contributed by atoms with Crippen LogP contribution in [-0.2, 0) is 13.6 Å². The molecule has 0 heterocycles. The molecule has 328 valence electrons.